The van der Waals surface area contributed by atoms with Gasteiger partial charge in [-0.15, -0.1) is 0 Å². The summed E-state index contributed by atoms with van der Waals surface area (Å²) in [4.78, 5) is 27.2. The molecular weight excluding hydrogens is 632 g/mol. The molecule has 2 aliphatic heterocycles. The largest absolute Gasteiger partial charge is 0.453 e. The molecule has 2 aromatic carbocycles. The molecule has 0 radical (unpaired) electrons. The van der Waals surface area contributed by atoms with Crippen molar-refractivity contribution in [1.82, 2.24) is 14.9 Å². The lowest BCUT2D eigenvalue weighted by molar-refractivity contribution is 0.121. The summed E-state index contributed by atoms with van der Waals surface area (Å²) in [5, 5.41) is 3.57. The number of benzene rings is 2. The van der Waals surface area contributed by atoms with Crippen molar-refractivity contribution in [2.24, 2.45) is 0 Å². The first-order valence-corrected chi connectivity index (χ1v) is 16.9. The van der Waals surface area contributed by atoms with Gasteiger partial charge >= 0.3 is 6.09 Å². The molecule has 248 valence electrons. The molecular formula is C32H35F2N7O5S. The van der Waals surface area contributed by atoms with Crippen molar-refractivity contribution < 1.29 is 31.5 Å². The van der Waals surface area contributed by atoms with Gasteiger partial charge in [0, 0.05) is 80.5 Å². The molecule has 0 saturated carbocycles. The van der Waals surface area contributed by atoms with Crippen LogP contribution in [0.15, 0.2) is 48.7 Å². The summed E-state index contributed by atoms with van der Waals surface area (Å²) in [5.41, 5.74) is 3.36. The summed E-state index contributed by atoms with van der Waals surface area (Å²) in [5.74, 6) is -0.332. The number of carbonyl (C=O) groups is 1. The summed E-state index contributed by atoms with van der Waals surface area (Å²) < 4.78 is 67.1. The number of carbonyl (C=O) groups excluding carboxylic acids is 1. The van der Waals surface area contributed by atoms with Gasteiger partial charge in [0.05, 0.1) is 48.9 Å². The van der Waals surface area contributed by atoms with E-state index < -0.39 is 27.8 Å². The molecule has 2 aromatic heterocycles. The molecule has 4 aromatic rings. The van der Waals surface area contributed by atoms with E-state index in [0.29, 0.717) is 97.9 Å². The van der Waals surface area contributed by atoms with E-state index in [-0.39, 0.29) is 10.9 Å². The van der Waals surface area contributed by atoms with Crippen LogP contribution in [0.5, 0.6) is 0 Å². The lowest BCUT2D eigenvalue weighted by atomic mass is 10.0. The molecule has 0 unspecified atom stereocenters. The highest BCUT2D eigenvalue weighted by Gasteiger charge is 2.27. The number of methoxy groups -OCH3 is 1. The van der Waals surface area contributed by atoms with E-state index in [0.717, 1.165) is 12.3 Å². The van der Waals surface area contributed by atoms with E-state index in [4.69, 9.17) is 19.4 Å². The van der Waals surface area contributed by atoms with Crippen LogP contribution in [0.25, 0.3) is 22.0 Å². The van der Waals surface area contributed by atoms with Crippen molar-refractivity contribution in [2.45, 2.75) is 6.92 Å². The number of nitrogens with one attached hydrogen (secondary N) is 2. The quantitative estimate of drug-likeness (QED) is 0.286. The third-order valence-corrected chi connectivity index (χ3v) is 8.80. The third-order valence-electron chi connectivity index (χ3n) is 8.19. The number of anilines is 5. The van der Waals surface area contributed by atoms with Crippen LogP contribution < -0.4 is 19.8 Å². The SMILES string of the molecule is COC(=O)N1CCN(c2nc3cc(F)cc(F)c3c(Nc3cc(N4CCOCC4)ncc3-c3cccc(NS(C)(=O)=O)c3)c2C)CC1. The molecule has 0 atom stereocenters. The van der Waals surface area contributed by atoms with Crippen LogP contribution >= 0.6 is 0 Å². The lowest BCUT2D eigenvalue weighted by Crippen LogP contribution is -2.49. The lowest BCUT2D eigenvalue weighted by Gasteiger charge is -2.35. The normalized spacial score (nSPS) is 15.6. The molecule has 2 aliphatic rings. The van der Waals surface area contributed by atoms with Crippen LogP contribution in [-0.4, -0.2) is 95.2 Å². The Balaban J connectivity index is 1.48. The average molecular weight is 668 g/mol. The van der Waals surface area contributed by atoms with E-state index in [2.05, 4.69) is 14.9 Å². The fourth-order valence-electron chi connectivity index (χ4n) is 5.93. The second-order valence-electron chi connectivity index (χ2n) is 11.4. The molecule has 12 nitrogen and oxygen atoms in total. The van der Waals surface area contributed by atoms with E-state index in [1.54, 1.807) is 29.3 Å². The minimum atomic E-state index is -3.53. The number of sulfonamides is 1. The average Bonchev–Trinajstić information content (AvgIpc) is 3.05. The van der Waals surface area contributed by atoms with E-state index in [9.17, 15) is 17.6 Å². The zero-order valence-corrected chi connectivity index (χ0v) is 27.0. The van der Waals surface area contributed by atoms with E-state index in [1.165, 1.54) is 13.2 Å². The molecule has 4 heterocycles. The van der Waals surface area contributed by atoms with Gasteiger partial charge in [-0.3, -0.25) is 4.72 Å². The summed E-state index contributed by atoms with van der Waals surface area (Å²) >= 11 is 0. The molecule has 2 fully saturated rings. The number of rotatable bonds is 7. The van der Waals surface area contributed by atoms with Crippen LogP contribution in [-0.2, 0) is 19.5 Å². The second kappa shape index (κ2) is 13.2. The number of halogens is 2. The van der Waals surface area contributed by atoms with Crippen LogP contribution in [0, 0.1) is 18.6 Å². The van der Waals surface area contributed by atoms with Crippen LogP contribution in [0.4, 0.5) is 42.3 Å². The highest BCUT2D eigenvalue weighted by Crippen LogP contribution is 2.40. The van der Waals surface area contributed by atoms with Gasteiger partial charge in [-0.25, -0.2) is 32.0 Å². The number of pyridine rings is 2. The number of amides is 1. The van der Waals surface area contributed by atoms with Gasteiger partial charge in [-0.2, -0.15) is 0 Å². The number of fused-ring (bicyclic) bond motifs is 1. The Morgan fingerprint density at radius 3 is 2.45 bits per heavy atom. The smallest absolute Gasteiger partial charge is 0.409 e. The maximum atomic E-state index is 15.7. The molecule has 1 amide bonds. The highest BCUT2D eigenvalue weighted by molar-refractivity contribution is 7.92. The first-order valence-electron chi connectivity index (χ1n) is 15.1. The Morgan fingerprint density at radius 1 is 1.00 bits per heavy atom. The Morgan fingerprint density at radius 2 is 1.74 bits per heavy atom. The fraction of sp³-hybridized carbons (Fsp3) is 0.344. The minimum Gasteiger partial charge on any atom is -0.453 e. The Bertz CT molecular complexity index is 1930. The molecule has 6 rings (SSSR count). The number of aromatic nitrogens is 2. The van der Waals surface area contributed by atoms with Crippen molar-refractivity contribution in [2.75, 3.05) is 85.7 Å². The van der Waals surface area contributed by atoms with Crippen LogP contribution in [0.1, 0.15) is 5.56 Å². The van der Waals surface area contributed by atoms with Gasteiger partial charge in [0.25, 0.3) is 0 Å². The first kappa shape index (κ1) is 32.2. The zero-order chi connectivity index (χ0) is 33.3. The summed E-state index contributed by atoms with van der Waals surface area (Å²) in [6.45, 7) is 5.83. The number of piperazine rings is 1. The predicted molar refractivity (Wildman–Crippen MR) is 177 cm³/mol. The molecule has 0 spiro atoms. The maximum Gasteiger partial charge on any atom is 0.409 e. The maximum absolute atomic E-state index is 15.7. The molecule has 2 saturated heterocycles. The number of nitrogens with zero attached hydrogens (tertiary/aromatic N) is 5. The second-order valence-corrected chi connectivity index (χ2v) is 13.2. The number of hydrogen-bond donors (Lipinski definition) is 2. The monoisotopic (exact) mass is 667 g/mol. The summed E-state index contributed by atoms with van der Waals surface area (Å²) in [7, 11) is -2.20. The Hall–Kier alpha value is -4.76. The number of morpholine rings is 1. The van der Waals surface area contributed by atoms with Crippen LogP contribution in [0.2, 0.25) is 0 Å². The summed E-state index contributed by atoms with van der Waals surface area (Å²) in [6, 6.07) is 10.8. The van der Waals surface area contributed by atoms with Gasteiger partial charge in [0.2, 0.25) is 10.0 Å². The standard InChI is InChI=1S/C32H35F2N7O5S/c1-20-30(29-25(34)16-22(33)17-27(29)37-31(20)40-7-9-41(10-8-40)32(42)45-2)36-26-18-28(39-11-13-46-14-12-39)35-19-24(26)21-5-4-6-23(15-21)38-47(3,43)44/h4-6,15-19,38H,7-14H2,1-3H3,(H,35,36,37). The Labute approximate surface area is 271 Å². The van der Waals surface area contributed by atoms with E-state index >= 15 is 4.39 Å². The van der Waals surface area contributed by atoms with Gasteiger partial charge in [0.1, 0.15) is 23.3 Å². The topological polar surface area (TPSA) is 129 Å². The minimum absolute atomic E-state index is 0.115. The number of hydrogen-bond acceptors (Lipinski definition) is 10. The highest BCUT2D eigenvalue weighted by atomic mass is 32.2. The van der Waals surface area contributed by atoms with Crippen molar-refractivity contribution in [3.63, 3.8) is 0 Å². The van der Waals surface area contributed by atoms with Gasteiger partial charge in [0.15, 0.2) is 0 Å². The van der Waals surface area contributed by atoms with Crippen molar-refractivity contribution >= 4 is 55.7 Å². The van der Waals surface area contributed by atoms with Gasteiger partial charge < -0.3 is 29.5 Å². The Kier molecular flexibility index (Phi) is 9.01. The molecule has 0 aliphatic carbocycles. The third kappa shape index (κ3) is 7.00. The summed E-state index contributed by atoms with van der Waals surface area (Å²) in [6.07, 6.45) is 2.35. The fourth-order valence-corrected chi connectivity index (χ4v) is 6.48. The first-order chi connectivity index (χ1) is 22.5. The number of ether oxygens (including phenoxy) is 2. The van der Waals surface area contributed by atoms with Gasteiger partial charge in [-0.1, -0.05) is 12.1 Å². The van der Waals surface area contributed by atoms with Crippen molar-refractivity contribution in [3.8, 4) is 11.1 Å². The van der Waals surface area contributed by atoms with Crippen molar-refractivity contribution in [3.05, 3.63) is 65.9 Å². The van der Waals surface area contributed by atoms with Gasteiger partial charge in [-0.05, 0) is 24.6 Å². The van der Waals surface area contributed by atoms with Crippen LogP contribution in [0.3, 0.4) is 0 Å². The van der Waals surface area contributed by atoms with E-state index in [1.807, 2.05) is 24.0 Å². The zero-order valence-electron chi connectivity index (χ0n) is 26.2. The molecule has 15 heteroatoms. The predicted octanol–water partition coefficient (Wildman–Crippen LogP) is 4.72. The molecule has 2 N–H and O–H groups in total. The molecule has 47 heavy (non-hydrogen) atoms. The van der Waals surface area contributed by atoms with Crippen molar-refractivity contribution in [1.29, 1.82) is 0 Å². The molecule has 0 bridgehead atoms.